The lowest BCUT2D eigenvalue weighted by molar-refractivity contribution is -0.136. The first-order chi connectivity index (χ1) is 8.18. The molecule has 2 N–H and O–H groups in total. The Morgan fingerprint density at radius 1 is 1.53 bits per heavy atom. The summed E-state index contributed by atoms with van der Waals surface area (Å²) in [6, 6.07) is 6.00. The zero-order valence-corrected chi connectivity index (χ0v) is 11.0. The molecule has 1 aliphatic heterocycles. The van der Waals surface area contributed by atoms with Crippen molar-refractivity contribution in [2.24, 2.45) is 0 Å². The highest BCUT2D eigenvalue weighted by atomic mass is 79.9. The van der Waals surface area contributed by atoms with Crippen LogP contribution in [-0.2, 0) is 4.79 Å². The maximum atomic E-state index is 10.7. The van der Waals surface area contributed by atoms with Crippen LogP contribution in [0.25, 0.3) is 0 Å². The topological polar surface area (TPSA) is 52.6 Å². The van der Waals surface area contributed by atoms with E-state index in [1.54, 1.807) is 0 Å². The third-order valence-corrected chi connectivity index (χ3v) is 3.46. The third kappa shape index (κ3) is 2.91. The Hall–Kier alpha value is -1.23. The van der Waals surface area contributed by atoms with Crippen LogP contribution < -0.4 is 10.2 Å². The summed E-state index contributed by atoms with van der Waals surface area (Å²) < 4.78 is 1.01. The number of aliphatic carboxylic acids is 1. The number of hydrogen-bond acceptors (Lipinski definition) is 3. The van der Waals surface area contributed by atoms with Gasteiger partial charge in [-0.3, -0.25) is 4.79 Å². The molecule has 0 atom stereocenters. The highest BCUT2D eigenvalue weighted by molar-refractivity contribution is 9.10. The number of halogens is 1. The quantitative estimate of drug-likeness (QED) is 0.900. The molecular formula is C12H15BrN2O2. The van der Waals surface area contributed by atoms with Gasteiger partial charge in [0.05, 0.1) is 17.8 Å². The molecule has 0 aliphatic carbocycles. The van der Waals surface area contributed by atoms with Gasteiger partial charge in [0.2, 0.25) is 0 Å². The molecule has 4 nitrogen and oxygen atoms in total. The second kappa shape index (κ2) is 5.40. The van der Waals surface area contributed by atoms with Crippen LogP contribution in [0.3, 0.4) is 0 Å². The van der Waals surface area contributed by atoms with Gasteiger partial charge in [-0.1, -0.05) is 6.07 Å². The van der Waals surface area contributed by atoms with E-state index in [9.17, 15) is 4.79 Å². The molecule has 0 spiro atoms. The van der Waals surface area contributed by atoms with E-state index in [0.29, 0.717) is 6.54 Å². The van der Waals surface area contributed by atoms with Crippen LogP contribution in [0.15, 0.2) is 22.7 Å². The van der Waals surface area contributed by atoms with Gasteiger partial charge in [0, 0.05) is 24.1 Å². The van der Waals surface area contributed by atoms with Crippen LogP contribution in [0.2, 0.25) is 0 Å². The van der Waals surface area contributed by atoms with Crippen LogP contribution in [0.4, 0.5) is 11.4 Å². The van der Waals surface area contributed by atoms with Crippen molar-refractivity contribution in [1.29, 1.82) is 0 Å². The molecule has 1 aliphatic rings. The van der Waals surface area contributed by atoms with Crippen molar-refractivity contribution in [2.45, 2.75) is 12.8 Å². The standard InChI is InChI=1S/C12H15BrN2O2/c13-9-3-1-4-10-12(9)15(7-2-6-14-10)8-5-11(16)17/h1,3-4,14H,2,5-8H2,(H,16,17). The Balaban J connectivity index is 2.25. The SMILES string of the molecule is O=C(O)CCN1CCCNc2cccc(Br)c21. The number of fused-ring (bicyclic) bond motifs is 1. The molecule has 1 aromatic rings. The zero-order chi connectivity index (χ0) is 12.3. The lowest BCUT2D eigenvalue weighted by Gasteiger charge is -2.24. The predicted molar refractivity (Wildman–Crippen MR) is 71.7 cm³/mol. The number of para-hydroxylation sites is 1. The van der Waals surface area contributed by atoms with Crippen LogP contribution in [-0.4, -0.2) is 30.7 Å². The lowest BCUT2D eigenvalue weighted by Crippen LogP contribution is -2.27. The summed E-state index contributed by atoms with van der Waals surface area (Å²) in [7, 11) is 0. The monoisotopic (exact) mass is 298 g/mol. The molecule has 0 amide bonds. The van der Waals surface area contributed by atoms with Gasteiger partial charge in [-0.15, -0.1) is 0 Å². The fourth-order valence-corrected chi connectivity index (χ4v) is 2.66. The summed E-state index contributed by atoms with van der Waals surface area (Å²) in [6.45, 7) is 2.36. The molecule has 0 saturated heterocycles. The minimum atomic E-state index is -0.754. The molecule has 0 fully saturated rings. The maximum absolute atomic E-state index is 10.7. The molecule has 17 heavy (non-hydrogen) atoms. The van der Waals surface area contributed by atoms with Crippen molar-refractivity contribution < 1.29 is 9.90 Å². The van der Waals surface area contributed by atoms with Crippen molar-refractivity contribution in [3.63, 3.8) is 0 Å². The summed E-state index contributed by atoms with van der Waals surface area (Å²) >= 11 is 3.54. The molecule has 1 heterocycles. The van der Waals surface area contributed by atoms with Crippen molar-refractivity contribution in [3.05, 3.63) is 22.7 Å². The van der Waals surface area contributed by atoms with E-state index in [1.807, 2.05) is 18.2 Å². The van der Waals surface area contributed by atoms with Crippen molar-refractivity contribution >= 4 is 33.3 Å². The maximum Gasteiger partial charge on any atom is 0.305 e. The molecular weight excluding hydrogens is 284 g/mol. The second-order valence-electron chi connectivity index (χ2n) is 4.05. The largest absolute Gasteiger partial charge is 0.481 e. The Morgan fingerprint density at radius 3 is 3.12 bits per heavy atom. The Kier molecular flexibility index (Phi) is 3.89. The molecule has 0 radical (unpaired) electrons. The van der Waals surface area contributed by atoms with Gasteiger partial charge in [0.1, 0.15) is 0 Å². The van der Waals surface area contributed by atoms with E-state index in [1.165, 1.54) is 0 Å². The number of hydrogen-bond donors (Lipinski definition) is 2. The minimum Gasteiger partial charge on any atom is -0.481 e. The van der Waals surface area contributed by atoms with Gasteiger partial charge >= 0.3 is 5.97 Å². The van der Waals surface area contributed by atoms with E-state index in [2.05, 4.69) is 26.1 Å². The van der Waals surface area contributed by atoms with E-state index < -0.39 is 5.97 Å². The molecule has 1 aromatic carbocycles. The summed E-state index contributed by atoms with van der Waals surface area (Å²) in [4.78, 5) is 12.8. The Labute approximate surface area is 109 Å². The number of nitrogens with zero attached hydrogens (tertiary/aromatic N) is 1. The zero-order valence-electron chi connectivity index (χ0n) is 9.45. The number of carbonyl (C=O) groups is 1. The average Bonchev–Trinajstić information content (AvgIpc) is 2.49. The van der Waals surface area contributed by atoms with Crippen molar-refractivity contribution in [1.82, 2.24) is 0 Å². The summed E-state index contributed by atoms with van der Waals surface area (Å²) in [5.74, 6) is -0.754. The lowest BCUT2D eigenvalue weighted by atomic mass is 10.2. The van der Waals surface area contributed by atoms with Crippen LogP contribution in [0.1, 0.15) is 12.8 Å². The number of nitrogens with one attached hydrogen (secondary N) is 1. The molecule has 0 unspecified atom stereocenters. The van der Waals surface area contributed by atoms with Crippen LogP contribution in [0.5, 0.6) is 0 Å². The number of benzene rings is 1. The van der Waals surface area contributed by atoms with Gasteiger partial charge < -0.3 is 15.3 Å². The highest BCUT2D eigenvalue weighted by Gasteiger charge is 2.18. The Bertz CT molecular complexity index is 423. The van der Waals surface area contributed by atoms with E-state index in [0.717, 1.165) is 35.4 Å². The van der Waals surface area contributed by atoms with Gasteiger partial charge in [-0.25, -0.2) is 0 Å². The minimum absolute atomic E-state index is 0.167. The molecule has 92 valence electrons. The second-order valence-corrected chi connectivity index (χ2v) is 4.90. The Morgan fingerprint density at radius 2 is 2.35 bits per heavy atom. The highest BCUT2D eigenvalue weighted by Crippen LogP contribution is 2.35. The normalized spacial score (nSPS) is 14.8. The first-order valence-electron chi connectivity index (χ1n) is 5.67. The van der Waals surface area contributed by atoms with E-state index in [-0.39, 0.29) is 6.42 Å². The predicted octanol–water partition coefficient (Wildman–Crippen LogP) is 2.55. The molecule has 2 rings (SSSR count). The fourth-order valence-electron chi connectivity index (χ4n) is 2.04. The average molecular weight is 299 g/mol. The van der Waals surface area contributed by atoms with Crippen molar-refractivity contribution in [2.75, 3.05) is 29.9 Å². The number of rotatable bonds is 3. The molecule has 0 saturated carbocycles. The van der Waals surface area contributed by atoms with Gasteiger partial charge in [-0.2, -0.15) is 0 Å². The molecule has 0 bridgehead atoms. The number of anilines is 2. The first-order valence-corrected chi connectivity index (χ1v) is 6.47. The smallest absolute Gasteiger partial charge is 0.305 e. The number of carboxylic acid groups (broad SMARTS) is 1. The number of carboxylic acids is 1. The van der Waals surface area contributed by atoms with Gasteiger partial charge in [0.15, 0.2) is 0 Å². The van der Waals surface area contributed by atoms with E-state index >= 15 is 0 Å². The summed E-state index contributed by atoms with van der Waals surface area (Å²) in [5, 5.41) is 12.1. The van der Waals surface area contributed by atoms with E-state index in [4.69, 9.17) is 5.11 Å². The molecule has 0 aromatic heterocycles. The third-order valence-electron chi connectivity index (χ3n) is 2.82. The summed E-state index contributed by atoms with van der Waals surface area (Å²) in [5.41, 5.74) is 2.15. The van der Waals surface area contributed by atoms with Crippen LogP contribution >= 0.6 is 15.9 Å². The first kappa shape index (κ1) is 12.2. The summed E-state index contributed by atoms with van der Waals surface area (Å²) in [6.07, 6.45) is 1.18. The van der Waals surface area contributed by atoms with Gasteiger partial charge in [0.25, 0.3) is 0 Å². The van der Waals surface area contributed by atoms with Crippen LogP contribution in [0, 0.1) is 0 Å². The van der Waals surface area contributed by atoms with Gasteiger partial charge in [-0.05, 0) is 34.5 Å². The molecule has 5 heteroatoms. The fraction of sp³-hybridized carbons (Fsp3) is 0.417. The van der Waals surface area contributed by atoms with Crippen molar-refractivity contribution in [3.8, 4) is 0 Å².